The lowest BCUT2D eigenvalue weighted by Gasteiger charge is -2.14. The third kappa shape index (κ3) is 3.89. The molecule has 166 valence electrons. The van der Waals surface area contributed by atoms with Crippen LogP contribution in [0.15, 0.2) is 30.7 Å². The first kappa shape index (κ1) is 21.0. The summed E-state index contributed by atoms with van der Waals surface area (Å²) in [5.41, 5.74) is 5.91. The van der Waals surface area contributed by atoms with Gasteiger partial charge in [0.25, 0.3) is 0 Å². The van der Waals surface area contributed by atoms with Gasteiger partial charge in [0.2, 0.25) is 11.9 Å². The van der Waals surface area contributed by atoms with Gasteiger partial charge in [-0.25, -0.2) is 19.3 Å². The van der Waals surface area contributed by atoms with Gasteiger partial charge in [-0.15, -0.1) is 0 Å². The zero-order chi connectivity index (χ0) is 23.2. The SMILES string of the molecule is Cc1ncc2ccc(-c3nc(N)nc(NC(C)c4nc(C(F)(F)F)cn4C(=O)O)n3)cn12. The number of nitrogens with two attached hydrogens (primary N) is 1. The van der Waals surface area contributed by atoms with Gasteiger partial charge in [0.1, 0.15) is 11.6 Å². The number of carboxylic acid groups (broad SMARTS) is 1. The van der Waals surface area contributed by atoms with Gasteiger partial charge in [-0.1, -0.05) is 0 Å². The second kappa shape index (κ2) is 7.47. The van der Waals surface area contributed by atoms with Crippen LogP contribution in [0.5, 0.6) is 0 Å². The van der Waals surface area contributed by atoms with E-state index in [1.807, 2.05) is 17.4 Å². The van der Waals surface area contributed by atoms with Gasteiger partial charge in [0.15, 0.2) is 11.5 Å². The Morgan fingerprint density at radius 2 is 1.94 bits per heavy atom. The third-order valence-electron chi connectivity index (χ3n) is 4.59. The first-order valence-corrected chi connectivity index (χ1v) is 9.15. The monoisotopic (exact) mass is 447 g/mol. The zero-order valence-electron chi connectivity index (χ0n) is 16.7. The van der Waals surface area contributed by atoms with E-state index in [2.05, 4.69) is 30.2 Å². The van der Waals surface area contributed by atoms with Crippen LogP contribution in [-0.4, -0.2) is 45.1 Å². The number of alkyl halides is 3. The number of imidazole rings is 2. The van der Waals surface area contributed by atoms with E-state index >= 15 is 0 Å². The van der Waals surface area contributed by atoms with Crippen molar-refractivity contribution in [2.45, 2.75) is 26.1 Å². The highest BCUT2D eigenvalue weighted by molar-refractivity contribution is 5.69. The number of rotatable bonds is 4. The van der Waals surface area contributed by atoms with Crippen LogP contribution in [0.25, 0.3) is 16.9 Å². The van der Waals surface area contributed by atoms with Gasteiger partial charge in [0.05, 0.1) is 17.8 Å². The topological polar surface area (TPSA) is 149 Å². The molecule has 0 saturated carbocycles. The number of carbonyl (C=O) groups is 1. The zero-order valence-corrected chi connectivity index (χ0v) is 16.7. The Bertz CT molecular complexity index is 1330. The number of anilines is 2. The van der Waals surface area contributed by atoms with Crippen LogP contribution in [0.1, 0.15) is 30.3 Å². The highest BCUT2D eigenvalue weighted by atomic mass is 19.4. The maximum Gasteiger partial charge on any atom is 0.434 e. The number of nitrogens with one attached hydrogen (secondary N) is 1. The number of hydrogen-bond donors (Lipinski definition) is 3. The second-order valence-corrected chi connectivity index (χ2v) is 6.86. The van der Waals surface area contributed by atoms with Gasteiger partial charge >= 0.3 is 12.3 Å². The molecule has 0 fully saturated rings. The van der Waals surface area contributed by atoms with E-state index in [-0.39, 0.29) is 23.5 Å². The largest absolute Gasteiger partial charge is 0.464 e. The summed E-state index contributed by atoms with van der Waals surface area (Å²) in [5, 5.41) is 12.0. The molecule has 0 saturated heterocycles. The molecule has 14 heteroatoms. The first-order valence-electron chi connectivity index (χ1n) is 9.15. The summed E-state index contributed by atoms with van der Waals surface area (Å²) in [4.78, 5) is 31.3. The minimum atomic E-state index is -4.80. The summed E-state index contributed by atoms with van der Waals surface area (Å²) < 4.78 is 41.2. The van der Waals surface area contributed by atoms with Crippen LogP contribution in [0.4, 0.5) is 29.9 Å². The maximum atomic E-state index is 13.0. The van der Waals surface area contributed by atoms with Gasteiger partial charge < -0.3 is 20.6 Å². The van der Waals surface area contributed by atoms with Crippen LogP contribution >= 0.6 is 0 Å². The molecule has 4 N–H and O–H groups in total. The van der Waals surface area contributed by atoms with Crippen LogP contribution in [-0.2, 0) is 6.18 Å². The van der Waals surface area contributed by atoms with Crippen molar-refractivity contribution < 1.29 is 23.1 Å². The van der Waals surface area contributed by atoms with Crippen molar-refractivity contribution in [2.24, 2.45) is 0 Å². The Morgan fingerprint density at radius 3 is 2.62 bits per heavy atom. The summed E-state index contributed by atoms with van der Waals surface area (Å²) in [6, 6.07) is 2.56. The second-order valence-electron chi connectivity index (χ2n) is 6.86. The van der Waals surface area contributed by atoms with Crippen LogP contribution in [0.2, 0.25) is 0 Å². The fraction of sp³-hybridized carbons (Fsp3) is 0.222. The molecule has 0 bridgehead atoms. The summed E-state index contributed by atoms with van der Waals surface area (Å²) in [5.74, 6) is 0.373. The molecule has 0 aromatic carbocycles. The predicted octanol–water partition coefficient (Wildman–Crippen LogP) is 2.99. The fourth-order valence-corrected chi connectivity index (χ4v) is 3.09. The molecule has 11 nitrogen and oxygen atoms in total. The average molecular weight is 447 g/mol. The third-order valence-corrected chi connectivity index (χ3v) is 4.59. The van der Waals surface area contributed by atoms with Crippen molar-refractivity contribution in [3.8, 4) is 11.4 Å². The number of nitrogen functional groups attached to an aromatic ring is 1. The van der Waals surface area contributed by atoms with Crippen LogP contribution in [0.3, 0.4) is 0 Å². The van der Waals surface area contributed by atoms with Crippen LogP contribution < -0.4 is 11.1 Å². The average Bonchev–Trinajstić information content (AvgIpc) is 3.32. The van der Waals surface area contributed by atoms with E-state index in [0.717, 1.165) is 11.3 Å². The molecular formula is C18H16F3N9O2. The highest BCUT2D eigenvalue weighted by Crippen LogP contribution is 2.30. The Balaban J connectivity index is 1.68. The quantitative estimate of drug-likeness (QED) is 0.429. The van der Waals surface area contributed by atoms with E-state index < -0.39 is 24.0 Å². The molecule has 0 spiro atoms. The fourth-order valence-electron chi connectivity index (χ4n) is 3.09. The number of fused-ring (bicyclic) bond motifs is 1. The minimum absolute atomic E-state index is 0.0593. The van der Waals surface area contributed by atoms with Gasteiger partial charge in [0, 0.05) is 18.0 Å². The smallest absolute Gasteiger partial charge is 0.434 e. The number of pyridine rings is 1. The lowest BCUT2D eigenvalue weighted by molar-refractivity contribution is -0.141. The lowest BCUT2D eigenvalue weighted by atomic mass is 10.2. The maximum absolute atomic E-state index is 13.0. The van der Waals surface area contributed by atoms with Gasteiger partial charge in [-0.2, -0.15) is 28.1 Å². The molecule has 0 amide bonds. The van der Waals surface area contributed by atoms with Gasteiger partial charge in [-0.3, -0.25) is 0 Å². The number of aryl methyl sites for hydroxylation is 1. The normalized spacial score (nSPS) is 12.8. The molecular weight excluding hydrogens is 431 g/mol. The van der Waals surface area contributed by atoms with Crippen molar-refractivity contribution in [1.82, 2.24) is 33.9 Å². The Morgan fingerprint density at radius 1 is 1.19 bits per heavy atom. The number of nitrogens with zero attached hydrogens (tertiary/aromatic N) is 7. The Kier molecular flexibility index (Phi) is 4.91. The predicted molar refractivity (Wildman–Crippen MR) is 106 cm³/mol. The molecule has 0 aliphatic carbocycles. The summed E-state index contributed by atoms with van der Waals surface area (Å²) in [6.45, 7) is 3.25. The van der Waals surface area contributed by atoms with E-state index in [9.17, 15) is 23.1 Å². The molecule has 0 radical (unpaired) electrons. The lowest BCUT2D eigenvalue weighted by Crippen LogP contribution is -2.19. The van der Waals surface area contributed by atoms with Crippen molar-refractivity contribution in [2.75, 3.05) is 11.1 Å². The standard InChI is InChI=1S/C18H16F3N9O2/c1-8(14-25-12(18(19,20)21)7-30(14)17(31)32)24-16-27-13(26-15(22)28-16)10-3-4-11-5-23-9(2)29(11)6-10/h3-8H,1-2H3,(H,31,32)(H3,22,24,26,27,28). The number of halogens is 3. The Labute approximate surface area is 177 Å². The first-order chi connectivity index (χ1) is 15.0. The molecule has 0 aliphatic heterocycles. The van der Waals surface area contributed by atoms with E-state index in [1.165, 1.54) is 6.92 Å². The van der Waals surface area contributed by atoms with E-state index in [1.54, 1.807) is 18.5 Å². The molecule has 1 unspecified atom stereocenters. The van der Waals surface area contributed by atoms with Crippen molar-refractivity contribution in [1.29, 1.82) is 0 Å². The summed E-state index contributed by atoms with van der Waals surface area (Å²) in [7, 11) is 0. The van der Waals surface area contributed by atoms with Crippen molar-refractivity contribution in [3.63, 3.8) is 0 Å². The molecule has 4 aromatic heterocycles. The minimum Gasteiger partial charge on any atom is -0.464 e. The number of aromatic nitrogens is 7. The molecule has 4 rings (SSSR count). The van der Waals surface area contributed by atoms with E-state index in [4.69, 9.17) is 5.73 Å². The molecule has 32 heavy (non-hydrogen) atoms. The van der Waals surface area contributed by atoms with Crippen LogP contribution in [0, 0.1) is 6.92 Å². The molecule has 4 heterocycles. The summed E-state index contributed by atoms with van der Waals surface area (Å²) in [6.07, 6.45) is -2.55. The highest BCUT2D eigenvalue weighted by Gasteiger charge is 2.36. The van der Waals surface area contributed by atoms with Crippen molar-refractivity contribution in [3.05, 3.63) is 48.1 Å². The summed E-state index contributed by atoms with van der Waals surface area (Å²) >= 11 is 0. The number of hydrogen-bond acceptors (Lipinski definition) is 8. The molecule has 1 atom stereocenters. The molecule has 4 aromatic rings. The molecule has 0 aliphatic rings. The van der Waals surface area contributed by atoms with Crippen molar-refractivity contribution >= 4 is 23.5 Å². The Hall–Kier alpha value is -4.23. The van der Waals surface area contributed by atoms with E-state index in [0.29, 0.717) is 16.3 Å². The van der Waals surface area contributed by atoms with Gasteiger partial charge in [-0.05, 0) is 26.0 Å².